The maximum Gasteiger partial charge on any atom is 0.0643 e. The third-order valence-corrected chi connectivity index (χ3v) is 1.10. The number of carboxylic acid groups (broad SMARTS) is 1. The molecule has 0 atom stereocenters. The number of hydrogen-bond acceptors (Lipinski definition) is 3. The second-order valence-electron chi connectivity index (χ2n) is 1.94. The number of aliphatic carboxylic acids is 1. The zero-order valence-corrected chi connectivity index (χ0v) is 5.73. The van der Waals surface area contributed by atoms with Crippen molar-refractivity contribution in [1.82, 2.24) is 4.98 Å². The predicted molar refractivity (Wildman–Crippen MR) is 38.3 cm³/mol. The van der Waals surface area contributed by atoms with Crippen LogP contribution in [0.2, 0.25) is 0 Å². The highest BCUT2D eigenvalue weighted by atomic mass is 16.4. The molecule has 0 aliphatic carbocycles. The van der Waals surface area contributed by atoms with Crippen LogP contribution in [0, 0.1) is 0 Å². The minimum atomic E-state index is -1.20. The van der Waals surface area contributed by atoms with Gasteiger partial charge in [0, 0.05) is 12.4 Å². The Labute approximate surface area is 64.0 Å². The summed E-state index contributed by atoms with van der Waals surface area (Å²) in [5.41, 5.74) is 0.747. The first-order valence-electron chi connectivity index (χ1n) is 3.08. The van der Waals surface area contributed by atoms with Gasteiger partial charge in [0.15, 0.2) is 0 Å². The summed E-state index contributed by atoms with van der Waals surface area (Å²) in [7, 11) is 0. The van der Waals surface area contributed by atoms with Gasteiger partial charge in [0.05, 0.1) is 5.97 Å². The number of carbonyl (C=O) groups is 1. The van der Waals surface area contributed by atoms with E-state index in [-0.39, 0.29) is 0 Å². The predicted octanol–water partition coefficient (Wildman–Crippen LogP) is -0.155. The van der Waals surface area contributed by atoms with Crippen LogP contribution in [0.4, 0.5) is 0 Å². The van der Waals surface area contributed by atoms with Crippen LogP contribution >= 0.6 is 0 Å². The highest BCUT2D eigenvalue weighted by molar-refractivity contribution is 5.83. The Hall–Kier alpha value is -1.64. The highest BCUT2D eigenvalue weighted by Gasteiger charge is 1.81. The summed E-state index contributed by atoms with van der Waals surface area (Å²) < 4.78 is 0. The summed E-state index contributed by atoms with van der Waals surface area (Å²) in [6.45, 7) is 0. The van der Waals surface area contributed by atoms with Gasteiger partial charge in [-0.1, -0.05) is 12.1 Å². The molecule has 0 aliphatic heterocycles. The monoisotopic (exact) mass is 148 g/mol. The molecule has 3 heteroatoms. The fraction of sp³-hybridized carbons (Fsp3) is 0. The van der Waals surface area contributed by atoms with E-state index in [0.717, 1.165) is 11.6 Å². The van der Waals surface area contributed by atoms with E-state index in [0.29, 0.717) is 0 Å². The fourth-order valence-corrected chi connectivity index (χ4v) is 0.639. The number of nitrogens with zero attached hydrogens (tertiary/aromatic N) is 1. The second kappa shape index (κ2) is 3.51. The molecule has 0 aliphatic rings. The molecule has 11 heavy (non-hydrogen) atoms. The van der Waals surface area contributed by atoms with Crippen LogP contribution in [-0.4, -0.2) is 11.0 Å². The Morgan fingerprint density at radius 1 is 1.64 bits per heavy atom. The maximum atomic E-state index is 9.95. The number of hydrogen-bond donors (Lipinski definition) is 0. The molecule has 0 bridgehead atoms. The van der Waals surface area contributed by atoms with E-state index in [1.807, 2.05) is 0 Å². The van der Waals surface area contributed by atoms with E-state index in [9.17, 15) is 9.90 Å². The van der Waals surface area contributed by atoms with Crippen LogP contribution in [0.25, 0.3) is 6.08 Å². The Morgan fingerprint density at radius 3 is 3.00 bits per heavy atom. The fourth-order valence-electron chi connectivity index (χ4n) is 0.639. The summed E-state index contributed by atoms with van der Waals surface area (Å²) in [5.74, 6) is -1.20. The molecular formula is C8H6NO2-. The Bertz CT molecular complexity index is 267. The second-order valence-corrected chi connectivity index (χ2v) is 1.94. The van der Waals surface area contributed by atoms with Gasteiger partial charge in [0.2, 0.25) is 0 Å². The molecule has 0 amide bonds. The maximum absolute atomic E-state index is 9.95. The Kier molecular flexibility index (Phi) is 2.38. The van der Waals surface area contributed by atoms with Crippen LogP contribution in [0.1, 0.15) is 5.56 Å². The van der Waals surface area contributed by atoms with Crippen molar-refractivity contribution in [3.63, 3.8) is 0 Å². The molecule has 0 saturated heterocycles. The summed E-state index contributed by atoms with van der Waals surface area (Å²) in [6.07, 6.45) is 5.59. The number of pyridine rings is 1. The van der Waals surface area contributed by atoms with Crippen molar-refractivity contribution < 1.29 is 9.90 Å². The average Bonchev–Trinajstić information content (AvgIpc) is 2.03. The lowest BCUT2D eigenvalue weighted by molar-refractivity contribution is -0.297. The van der Waals surface area contributed by atoms with Crippen molar-refractivity contribution in [3.05, 3.63) is 36.2 Å². The van der Waals surface area contributed by atoms with E-state index in [1.54, 1.807) is 24.5 Å². The molecule has 3 nitrogen and oxygen atoms in total. The lowest BCUT2D eigenvalue weighted by Crippen LogP contribution is -2.18. The van der Waals surface area contributed by atoms with Crippen LogP contribution in [-0.2, 0) is 4.79 Å². The van der Waals surface area contributed by atoms with Crippen molar-refractivity contribution >= 4 is 12.0 Å². The third-order valence-electron chi connectivity index (χ3n) is 1.10. The van der Waals surface area contributed by atoms with Gasteiger partial charge in [-0.15, -0.1) is 0 Å². The quantitative estimate of drug-likeness (QED) is 0.548. The van der Waals surface area contributed by atoms with E-state index in [1.165, 1.54) is 6.08 Å². The molecule has 0 N–H and O–H groups in total. The molecule has 0 saturated carbocycles. The van der Waals surface area contributed by atoms with Crippen molar-refractivity contribution in [2.45, 2.75) is 0 Å². The molecule has 1 aromatic rings. The summed E-state index contributed by atoms with van der Waals surface area (Å²) >= 11 is 0. The summed E-state index contributed by atoms with van der Waals surface area (Å²) in [6, 6.07) is 3.49. The average molecular weight is 148 g/mol. The van der Waals surface area contributed by atoms with Crippen LogP contribution in [0.5, 0.6) is 0 Å². The van der Waals surface area contributed by atoms with Crippen LogP contribution in [0.15, 0.2) is 30.6 Å². The molecule has 0 radical (unpaired) electrons. The molecular weight excluding hydrogens is 142 g/mol. The van der Waals surface area contributed by atoms with Crippen molar-refractivity contribution in [2.24, 2.45) is 0 Å². The summed E-state index contributed by atoms with van der Waals surface area (Å²) in [4.78, 5) is 13.8. The van der Waals surface area contributed by atoms with Gasteiger partial charge in [-0.2, -0.15) is 0 Å². The van der Waals surface area contributed by atoms with Gasteiger partial charge >= 0.3 is 0 Å². The first-order valence-corrected chi connectivity index (χ1v) is 3.08. The van der Waals surface area contributed by atoms with E-state index in [4.69, 9.17) is 0 Å². The number of carboxylic acids is 1. The zero-order chi connectivity index (χ0) is 8.10. The minimum absolute atomic E-state index is 0.747. The van der Waals surface area contributed by atoms with Gasteiger partial charge in [-0.3, -0.25) is 4.98 Å². The zero-order valence-electron chi connectivity index (χ0n) is 5.73. The van der Waals surface area contributed by atoms with Crippen molar-refractivity contribution in [1.29, 1.82) is 0 Å². The Balaban J connectivity index is 2.72. The van der Waals surface area contributed by atoms with Gasteiger partial charge in [-0.05, 0) is 17.7 Å². The smallest absolute Gasteiger partial charge is 0.0643 e. The van der Waals surface area contributed by atoms with Crippen LogP contribution in [0.3, 0.4) is 0 Å². The number of rotatable bonds is 2. The Morgan fingerprint density at radius 2 is 2.45 bits per heavy atom. The van der Waals surface area contributed by atoms with E-state index < -0.39 is 5.97 Å². The SMILES string of the molecule is O=C([O-])/C=C/c1cccnc1. The van der Waals surface area contributed by atoms with Crippen molar-refractivity contribution in [3.8, 4) is 0 Å². The lowest BCUT2D eigenvalue weighted by Gasteiger charge is -1.91. The molecule has 1 rings (SSSR count). The van der Waals surface area contributed by atoms with Gasteiger partial charge < -0.3 is 9.90 Å². The van der Waals surface area contributed by atoms with Gasteiger partial charge in [0.1, 0.15) is 0 Å². The van der Waals surface area contributed by atoms with E-state index >= 15 is 0 Å². The molecule has 1 aromatic heterocycles. The van der Waals surface area contributed by atoms with Gasteiger partial charge in [0.25, 0.3) is 0 Å². The molecule has 0 unspecified atom stereocenters. The molecule has 0 spiro atoms. The number of carbonyl (C=O) groups excluding carboxylic acids is 1. The third kappa shape index (κ3) is 2.62. The first kappa shape index (κ1) is 7.47. The topological polar surface area (TPSA) is 53.0 Å². The largest absolute Gasteiger partial charge is 0.545 e. The molecule has 0 fully saturated rings. The minimum Gasteiger partial charge on any atom is -0.545 e. The summed E-state index contributed by atoms with van der Waals surface area (Å²) in [5, 5.41) is 9.95. The van der Waals surface area contributed by atoms with Crippen molar-refractivity contribution in [2.75, 3.05) is 0 Å². The normalized spacial score (nSPS) is 10.2. The van der Waals surface area contributed by atoms with Crippen LogP contribution < -0.4 is 5.11 Å². The molecule has 0 aromatic carbocycles. The molecule has 56 valence electrons. The van der Waals surface area contributed by atoms with E-state index in [2.05, 4.69) is 4.98 Å². The first-order chi connectivity index (χ1) is 5.29. The lowest BCUT2D eigenvalue weighted by atomic mass is 10.3. The number of aromatic nitrogens is 1. The standard InChI is InChI=1S/C8H7NO2/c10-8(11)4-3-7-2-1-5-9-6-7/h1-6H,(H,10,11)/p-1/b4-3+. The van der Waals surface area contributed by atoms with Gasteiger partial charge in [-0.25, -0.2) is 0 Å². The molecule has 1 heterocycles. The highest BCUT2D eigenvalue weighted by Crippen LogP contribution is 1.96.